The Hall–Kier alpha value is -5.32. The van der Waals surface area contributed by atoms with Gasteiger partial charge in [0, 0.05) is 73.1 Å². The summed E-state index contributed by atoms with van der Waals surface area (Å²) in [5, 5.41) is 15.0. The van der Waals surface area contributed by atoms with Gasteiger partial charge in [0.15, 0.2) is 0 Å². The van der Waals surface area contributed by atoms with Crippen molar-refractivity contribution in [2.45, 2.75) is 71.6 Å². The molecule has 14 heteroatoms. The van der Waals surface area contributed by atoms with Gasteiger partial charge in [-0.25, -0.2) is 0 Å². The van der Waals surface area contributed by atoms with Crippen molar-refractivity contribution in [2.24, 2.45) is 10.8 Å². The van der Waals surface area contributed by atoms with Gasteiger partial charge in [0.2, 0.25) is 11.8 Å². The molecule has 2 N–H and O–H groups in total. The number of nitrogens with zero attached hydrogens (tertiary/aromatic N) is 5. The number of imide groups is 2. The number of hydrogen-bond donors (Lipinski definition) is 2. The van der Waals surface area contributed by atoms with Crippen LogP contribution >= 0.6 is 11.6 Å². The molecule has 55 heavy (non-hydrogen) atoms. The number of piperazine rings is 1. The van der Waals surface area contributed by atoms with Gasteiger partial charge in [-0.2, -0.15) is 5.26 Å². The molecule has 4 heterocycles. The Morgan fingerprint density at radius 1 is 0.982 bits per heavy atom. The van der Waals surface area contributed by atoms with E-state index in [-0.39, 0.29) is 52.9 Å². The number of amides is 5. The van der Waals surface area contributed by atoms with E-state index < -0.39 is 29.7 Å². The number of hydrogen-bond acceptors (Lipinski definition) is 10. The second-order valence-corrected chi connectivity index (χ2v) is 16.4. The molecule has 2 saturated heterocycles. The molecule has 3 aliphatic heterocycles. The number of anilines is 1. The highest BCUT2D eigenvalue weighted by atomic mass is 35.5. The number of carbonyl (C=O) groups excluding carboxylic acids is 5. The Balaban J connectivity index is 0.864. The van der Waals surface area contributed by atoms with E-state index in [0.29, 0.717) is 21.9 Å². The summed E-state index contributed by atoms with van der Waals surface area (Å²) in [4.78, 5) is 73.8. The lowest BCUT2D eigenvalue weighted by Crippen LogP contribution is -2.74. The van der Waals surface area contributed by atoms with E-state index in [1.807, 2.05) is 18.2 Å². The number of aryl methyl sites for hydroxylation is 1. The summed E-state index contributed by atoms with van der Waals surface area (Å²) in [5.41, 5.74) is 2.46. The third-order valence-corrected chi connectivity index (χ3v) is 11.9. The summed E-state index contributed by atoms with van der Waals surface area (Å²) in [6, 6.07) is 14.9. The average Bonchev–Trinajstić information content (AvgIpc) is 3.41. The lowest BCUT2D eigenvalue weighted by molar-refractivity contribution is -0.164. The fourth-order valence-electron chi connectivity index (χ4n) is 8.89. The largest absolute Gasteiger partial charge is 0.489 e. The minimum Gasteiger partial charge on any atom is -0.489 e. The normalized spacial score (nSPS) is 23.1. The molecular weight excluding hydrogens is 722 g/mol. The Labute approximate surface area is 324 Å². The third-order valence-electron chi connectivity index (χ3n) is 11.6. The van der Waals surface area contributed by atoms with Crippen LogP contribution in [0, 0.1) is 22.2 Å². The second kappa shape index (κ2) is 14.7. The highest BCUT2D eigenvalue weighted by Crippen LogP contribution is 2.55. The minimum absolute atomic E-state index is 0.0814. The molecule has 3 aromatic rings. The van der Waals surface area contributed by atoms with Gasteiger partial charge in [-0.3, -0.25) is 44.1 Å². The molecule has 4 aliphatic rings. The van der Waals surface area contributed by atoms with E-state index in [9.17, 15) is 29.2 Å². The zero-order valence-electron chi connectivity index (χ0n) is 31.4. The van der Waals surface area contributed by atoms with E-state index in [0.717, 1.165) is 61.8 Å². The summed E-state index contributed by atoms with van der Waals surface area (Å²) in [6.07, 6.45) is 3.31. The van der Waals surface area contributed by atoms with Crippen LogP contribution in [0.5, 0.6) is 5.75 Å². The first-order chi connectivity index (χ1) is 26.2. The van der Waals surface area contributed by atoms with E-state index >= 15 is 0 Å². The first-order valence-corrected chi connectivity index (χ1v) is 19.0. The predicted molar refractivity (Wildman–Crippen MR) is 204 cm³/mol. The number of aromatic nitrogens is 1. The first-order valence-electron chi connectivity index (χ1n) is 18.6. The summed E-state index contributed by atoms with van der Waals surface area (Å²) in [7, 11) is 0. The molecule has 3 fully saturated rings. The van der Waals surface area contributed by atoms with Crippen LogP contribution in [0.25, 0.3) is 0 Å². The van der Waals surface area contributed by atoms with Crippen LogP contribution in [-0.4, -0.2) is 95.2 Å². The Kier molecular flexibility index (Phi) is 10.2. The highest BCUT2D eigenvalue weighted by Gasteiger charge is 2.64. The number of pyridine rings is 1. The topological polar surface area (TPSA) is 165 Å². The van der Waals surface area contributed by atoms with E-state index in [4.69, 9.17) is 16.3 Å². The van der Waals surface area contributed by atoms with Gasteiger partial charge in [0.25, 0.3) is 17.7 Å². The van der Waals surface area contributed by atoms with Gasteiger partial charge >= 0.3 is 0 Å². The molecule has 1 saturated carbocycles. The standard InChI is InChI=1S/C41H44ClN7O6/c1-40(2)38(41(3,4)39(40)55-28-11-8-24(22-43)31(42)21-28)46-34(51)25-7-9-26(44-23-25)6-5-15-47-16-18-48(19-17-47)27-10-12-29-30(20-27)37(54)49(36(29)53)32-13-14-33(50)45-35(32)52/h7-12,20-21,23,32,38-39H,5-6,13-19H2,1-4H3,(H,46,51)(H,45,50,52)/t32?,38-,39-. The number of benzene rings is 2. The lowest BCUT2D eigenvalue weighted by Gasteiger charge is -2.63. The molecule has 1 atom stereocenters. The van der Waals surface area contributed by atoms with Crippen molar-refractivity contribution in [1.29, 1.82) is 5.26 Å². The zero-order chi connectivity index (χ0) is 39.2. The lowest BCUT2D eigenvalue weighted by atomic mass is 9.49. The van der Waals surface area contributed by atoms with Crippen molar-refractivity contribution in [2.75, 3.05) is 37.6 Å². The maximum atomic E-state index is 13.3. The maximum absolute atomic E-state index is 13.3. The number of piperidine rings is 1. The van der Waals surface area contributed by atoms with Gasteiger partial charge < -0.3 is 15.0 Å². The Morgan fingerprint density at radius 3 is 2.36 bits per heavy atom. The second-order valence-electron chi connectivity index (χ2n) is 15.9. The van der Waals surface area contributed by atoms with Gasteiger partial charge in [-0.1, -0.05) is 39.3 Å². The SMILES string of the molecule is CC1(C)[C@H](NC(=O)c2ccc(CCCN3CCN(c4ccc5c(c4)C(=O)N(C4CCC(=O)NC4=O)C5=O)CC3)nc2)C(C)(C)[C@H]1Oc1ccc(C#N)c(Cl)c1. The molecule has 1 aliphatic carbocycles. The highest BCUT2D eigenvalue weighted by molar-refractivity contribution is 6.31. The fourth-order valence-corrected chi connectivity index (χ4v) is 9.10. The number of halogens is 1. The molecule has 0 spiro atoms. The molecule has 286 valence electrons. The van der Waals surface area contributed by atoms with Crippen molar-refractivity contribution in [3.05, 3.63) is 87.7 Å². The van der Waals surface area contributed by atoms with Crippen LogP contribution in [0.2, 0.25) is 5.02 Å². The van der Waals surface area contributed by atoms with Crippen LogP contribution in [0.3, 0.4) is 0 Å². The van der Waals surface area contributed by atoms with Crippen LogP contribution in [0.15, 0.2) is 54.7 Å². The molecule has 1 unspecified atom stereocenters. The smallest absolute Gasteiger partial charge is 0.262 e. The van der Waals surface area contributed by atoms with E-state index in [2.05, 4.69) is 59.2 Å². The number of carbonyl (C=O) groups is 5. The predicted octanol–water partition coefficient (Wildman–Crippen LogP) is 4.37. The summed E-state index contributed by atoms with van der Waals surface area (Å²) in [6.45, 7) is 12.3. The molecule has 5 amide bonds. The van der Waals surface area contributed by atoms with Crippen LogP contribution in [0.4, 0.5) is 5.69 Å². The summed E-state index contributed by atoms with van der Waals surface area (Å²) < 4.78 is 6.34. The van der Waals surface area contributed by atoms with Gasteiger partial charge in [0.05, 0.1) is 27.3 Å². The van der Waals surface area contributed by atoms with Crippen molar-refractivity contribution < 1.29 is 28.7 Å². The zero-order valence-corrected chi connectivity index (χ0v) is 32.1. The van der Waals surface area contributed by atoms with E-state index in [1.54, 1.807) is 36.5 Å². The Morgan fingerprint density at radius 2 is 1.71 bits per heavy atom. The molecule has 0 bridgehead atoms. The third kappa shape index (κ3) is 7.16. The summed E-state index contributed by atoms with van der Waals surface area (Å²) in [5.74, 6) is -1.64. The van der Waals surface area contributed by atoms with Crippen LogP contribution in [0.1, 0.15) is 89.3 Å². The van der Waals surface area contributed by atoms with Crippen molar-refractivity contribution in [1.82, 2.24) is 25.4 Å². The first kappa shape index (κ1) is 38.0. The molecule has 2 aromatic carbocycles. The molecule has 1 aromatic heterocycles. The van der Waals surface area contributed by atoms with Crippen molar-refractivity contribution in [3.63, 3.8) is 0 Å². The maximum Gasteiger partial charge on any atom is 0.262 e. The number of ether oxygens (including phenoxy) is 1. The number of rotatable bonds is 10. The molecule has 13 nitrogen and oxygen atoms in total. The monoisotopic (exact) mass is 765 g/mol. The van der Waals surface area contributed by atoms with Crippen LogP contribution < -0.4 is 20.3 Å². The van der Waals surface area contributed by atoms with E-state index in [1.165, 1.54) is 0 Å². The number of nitriles is 1. The quantitative estimate of drug-likeness (QED) is 0.283. The fraction of sp³-hybridized carbons (Fsp3) is 0.439. The number of fused-ring (bicyclic) bond motifs is 1. The van der Waals surface area contributed by atoms with Gasteiger partial charge in [-0.15, -0.1) is 0 Å². The van der Waals surface area contributed by atoms with Crippen molar-refractivity contribution in [3.8, 4) is 11.8 Å². The summed E-state index contributed by atoms with van der Waals surface area (Å²) >= 11 is 6.23. The molecular formula is C41H44ClN7O6. The van der Waals surface area contributed by atoms with Gasteiger partial charge in [0.1, 0.15) is 24.0 Å². The molecule has 0 radical (unpaired) electrons. The average molecular weight is 766 g/mol. The minimum atomic E-state index is -0.985. The van der Waals surface area contributed by atoms with Gasteiger partial charge in [-0.05, 0) is 68.3 Å². The Bertz CT molecular complexity index is 2090. The van der Waals surface area contributed by atoms with Crippen molar-refractivity contribution >= 4 is 46.8 Å². The number of nitrogens with one attached hydrogen (secondary N) is 2. The molecule has 7 rings (SSSR count). The van der Waals surface area contributed by atoms with Crippen LogP contribution in [-0.2, 0) is 16.0 Å².